The van der Waals surface area contributed by atoms with Crippen LogP contribution in [0.2, 0.25) is 0 Å². The summed E-state index contributed by atoms with van der Waals surface area (Å²) in [7, 11) is 0. The first-order chi connectivity index (χ1) is 12.6. The van der Waals surface area contributed by atoms with Crippen molar-refractivity contribution in [2.75, 3.05) is 13.2 Å². The van der Waals surface area contributed by atoms with E-state index in [-0.39, 0.29) is 40.0 Å². The monoisotopic (exact) mass is 461 g/mol. The van der Waals surface area contributed by atoms with E-state index >= 15 is 0 Å². The minimum Gasteiger partial charge on any atom is -0.477 e. The number of aliphatic hydroxyl groups excluding tert-OH is 3. The van der Waals surface area contributed by atoms with Crippen molar-refractivity contribution in [3.8, 4) is 0 Å². The van der Waals surface area contributed by atoms with Crippen LogP contribution in [0.25, 0.3) is 0 Å². The molecular formula is C21H49O7Ti-. The van der Waals surface area contributed by atoms with Gasteiger partial charge in [0.1, 0.15) is 0 Å². The summed E-state index contributed by atoms with van der Waals surface area (Å²) in [5, 5.41) is 32.7. The largest absolute Gasteiger partial charge is 0.477 e. The molecule has 0 unspecified atom stereocenters. The molecular weight excluding hydrogens is 412 g/mol. The summed E-state index contributed by atoms with van der Waals surface area (Å²) < 4.78 is 9.87. The third kappa shape index (κ3) is 132. The zero-order valence-electron chi connectivity index (χ0n) is 20.7. The Morgan fingerprint density at radius 3 is 1.03 bits per heavy atom. The molecule has 0 rings (SSSR count). The van der Waals surface area contributed by atoms with Gasteiger partial charge in [-0.1, -0.05) is 13.8 Å². The normalized spacial score (nSPS) is 9.34. The van der Waals surface area contributed by atoms with E-state index in [4.69, 9.17) is 29.9 Å². The second-order valence-corrected chi connectivity index (χ2v) is 7.19. The molecule has 0 bridgehead atoms. The van der Waals surface area contributed by atoms with Crippen LogP contribution in [0.5, 0.6) is 0 Å². The molecule has 0 radical (unpaired) electrons. The van der Waals surface area contributed by atoms with Crippen molar-refractivity contribution in [2.45, 2.75) is 114 Å². The third-order valence-corrected chi connectivity index (χ3v) is 1.15. The first-order valence-electron chi connectivity index (χ1n) is 9.92. The summed E-state index contributed by atoms with van der Waals surface area (Å²) in [6, 6.07) is 0. The van der Waals surface area contributed by atoms with Crippen LogP contribution >= 0.6 is 0 Å². The fourth-order valence-electron chi connectivity index (χ4n) is 0.640. The minimum atomic E-state index is -1.09. The van der Waals surface area contributed by atoms with Gasteiger partial charge in [0, 0.05) is 40.0 Å². The van der Waals surface area contributed by atoms with E-state index in [1.807, 2.05) is 13.8 Å². The van der Waals surface area contributed by atoms with Gasteiger partial charge in [-0.3, -0.25) is 0 Å². The van der Waals surface area contributed by atoms with Crippen molar-refractivity contribution in [1.29, 1.82) is 0 Å². The second kappa shape index (κ2) is 35.4. The molecule has 0 spiro atoms. The van der Waals surface area contributed by atoms with Gasteiger partial charge in [0.25, 0.3) is 6.29 Å². The standard InChI is InChI=1S/C8H16O4.C4H9.3C3H8O.Ti/c1-3-5-11-8(7(9)10)12-6-4-2;1-4(2)3;3*1-3(2)4;/h8H,3-6H2,1-2H3,(H,9,10);1-3H3;3*3-4H,1-2H3;/q;-1;;;;. The summed E-state index contributed by atoms with van der Waals surface area (Å²) in [5.41, 5.74) is 0. The molecule has 0 aromatic heterocycles. The Labute approximate surface area is 195 Å². The second-order valence-electron chi connectivity index (χ2n) is 7.19. The Morgan fingerprint density at radius 2 is 0.931 bits per heavy atom. The Morgan fingerprint density at radius 1 is 0.759 bits per heavy atom. The van der Waals surface area contributed by atoms with Crippen molar-refractivity contribution in [3.05, 3.63) is 5.92 Å². The molecule has 0 fully saturated rings. The number of hydrogen-bond acceptors (Lipinski definition) is 6. The number of carboxylic acid groups (broad SMARTS) is 1. The van der Waals surface area contributed by atoms with Gasteiger partial charge in [0.15, 0.2) is 0 Å². The van der Waals surface area contributed by atoms with Crippen molar-refractivity contribution in [2.24, 2.45) is 0 Å². The van der Waals surface area contributed by atoms with Gasteiger partial charge in [-0.15, -0.1) is 0 Å². The maximum atomic E-state index is 10.5. The molecule has 0 aromatic rings. The smallest absolute Gasteiger partial charge is 0.361 e. The summed E-state index contributed by atoms with van der Waals surface area (Å²) >= 11 is 0. The van der Waals surface area contributed by atoms with Gasteiger partial charge in [0.2, 0.25) is 0 Å². The number of carbonyl (C=O) groups is 1. The molecule has 0 aromatic carbocycles. The molecule has 0 heterocycles. The fraction of sp³-hybridized carbons (Fsp3) is 0.905. The average molecular weight is 461 g/mol. The Hall–Kier alpha value is -0.0157. The number of rotatable bonds is 7. The van der Waals surface area contributed by atoms with E-state index in [9.17, 15) is 4.79 Å². The molecule has 0 aliphatic rings. The zero-order chi connectivity index (χ0) is 23.7. The molecule has 180 valence electrons. The molecule has 4 N–H and O–H groups in total. The number of aliphatic carboxylic acids is 1. The Balaban J connectivity index is -0.0000000648. The van der Waals surface area contributed by atoms with Crippen LogP contribution in [-0.4, -0.2) is 64.2 Å². The van der Waals surface area contributed by atoms with E-state index in [1.54, 1.807) is 41.5 Å². The topological polar surface area (TPSA) is 116 Å². The van der Waals surface area contributed by atoms with Crippen molar-refractivity contribution >= 4 is 5.97 Å². The van der Waals surface area contributed by atoms with Crippen LogP contribution in [-0.2, 0) is 36.0 Å². The summed E-state index contributed by atoms with van der Waals surface area (Å²) in [5.74, 6) is 0.358. The van der Waals surface area contributed by atoms with Crippen LogP contribution < -0.4 is 0 Å². The third-order valence-electron chi connectivity index (χ3n) is 1.15. The predicted molar refractivity (Wildman–Crippen MR) is 116 cm³/mol. The van der Waals surface area contributed by atoms with Crippen LogP contribution in [0.15, 0.2) is 0 Å². The summed E-state index contributed by atoms with van der Waals surface area (Å²) in [6.45, 7) is 21.2. The van der Waals surface area contributed by atoms with E-state index in [1.165, 1.54) is 5.92 Å². The van der Waals surface area contributed by atoms with E-state index in [2.05, 4.69) is 20.8 Å². The van der Waals surface area contributed by atoms with Gasteiger partial charge in [-0.05, 0) is 54.4 Å². The van der Waals surface area contributed by atoms with E-state index in [0.29, 0.717) is 13.2 Å². The molecule has 7 nitrogen and oxygen atoms in total. The minimum absolute atomic E-state index is 0. The number of hydrogen-bond donors (Lipinski definition) is 4. The first-order valence-corrected chi connectivity index (χ1v) is 9.92. The van der Waals surface area contributed by atoms with Gasteiger partial charge in [-0.25, -0.2) is 4.79 Å². The van der Waals surface area contributed by atoms with Crippen molar-refractivity contribution in [1.82, 2.24) is 0 Å². The van der Waals surface area contributed by atoms with Crippen molar-refractivity contribution < 1.29 is 56.4 Å². The number of ether oxygens (including phenoxy) is 2. The SMILES string of the molecule is CC(C)O.CC(C)O.CC(C)O.CCCOC(OCCC)C(=O)O.C[C-](C)C.[Ti]. The maximum Gasteiger partial charge on any atom is 0.361 e. The van der Waals surface area contributed by atoms with Gasteiger partial charge < -0.3 is 35.8 Å². The quantitative estimate of drug-likeness (QED) is 0.257. The predicted octanol–water partition coefficient (Wildman–Crippen LogP) is 4.03. The van der Waals surface area contributed by atoms with E-state index in [0.717, 1.165) is 12.8 Å². The Bertz CT molecular complexity index is 231. The van der Waals surface area contributed by atoms with Gasteiger partial charge >= 0.3 is 5.97 Å². The van der Waals surface area contributed by atoms with Crippen LogP contribution in [0, 0.1) is 5.92 Å². The zero-order valence-corrected chi connectivity index (χ0v) is 22.2. The molecule has 8 heteroatoms. The van der Waals surface area contributed by atoms with Gasteiger partial charge in [-0.2, -0.15) is 20.8 Å². The molecule has 0 saturated carbocycles. The maximum absolute atomic E-state index is 10.5. The van der Waals surface area contributed by atoms with Crippen LogP contribution in [0.3, 0.4) is 0 Å². The van der Waals surface area contributed by atoms with Gasteiger partial charge in [0.05, 0.1) is 13.2 Å². The molecule has 0 aliphatic heterocycles. The van der Waals surface area contributed by atoms with Crippen molar-refractivity contribution in [3.63, 3.8) is 0 Å². The number of aliphatic hydroxyl groups is 3. The van der Waals surface area contributed by atoms with E-state index < -0.39 is 12.3 Å². The fourth-order valence-corrected chi connectivity index (χ4v) is 0.640. The summed E-state index contributed by atoms with van der Waals surface area (Å²) in [6.07, 6.45) is -0.0108. The summed E-state index contributed by atoms with van der Waals surface area (Å²) in [4.78, 5) is 10.5. The molecule has 0 amide bonds. The molecule has 0 atom stereocenters. The molecule has 29 heavy (non-hydrogen) atoms. The first kappa shape index (κ1) is 43.0. The number of carboxylic acids is 1. The van der Waals surface area contributed by atoms with Crippen LogP contribution in [0.4, 0.5) is 0 Å². The van der Waals surface area contributed by atoms with Crippen LogP contribution in [0.1, 0.15) is 89.0 Å². The molecule has 0 saturated heterocycles. The molecule has 0 aliphatic carbocycles. The Kier molecular flexibility index (Phi) is 52.5. The average Bonchev–Trinajstić information content (AvgIpc) is 2.44.